The predicted molar refractivity (Wildman–Crippen MR) is 12.7 cm³/mol. The van der Waals surface area contributed by atoms with Crippen LogP contribution in [-0.2, 0) is 23.4 Å². The molecular weight excluding hydrogens is 155 g/mol. The van der Waals surface area contributed by atoms with Gasteiger partial charge >= 0.3 is 36.4 Å². The van der Waals surface area contributed by atoms with Gasteiger partial charge in [0, 0.05) is 4.70 Å². The monoisotopic (exact) mass is 156 g/mol. The summed E-state index contributed by atoms with van der Waals surface area (Å²) < 4.78 is 25.5. The Kier molecular flexibility index (Phi) is 4.03. The Morgan fingerprint density at radius 2 is 1.50 bits per heavy atom. The number of halogens is 1. The predicted octanol–water partition coefficient (Wildman–Crippen LogP) is -0.244. The molecule has 6 heavy (non-hydrogen) atoms. The molecule has 3 nitrogen and oxygen atoms in total. The van der Waals surface area contributed by atoms with Gasteiger partial charge in [0.05, 0.1) is 0 Å². The van der Waals surface area contributed by atoms with Crippen LogP contribution in [0.5, 0.6) is 0 Å². The molecule has 0 atom stereocenters. The van der Waals surface area contributed by atoms with Crippen LogP contribution >= 0.6 is 0 Å². The molecule has 0 fully saturated rings. The Bertz CT molecular complexity index is 94.0. The van der Waals surface area contributed by atoms with Crippen molar-refractivity contribution < 1.29 is 32.6 Å². The van der Waals surface area contributed by atoms with E-state index in [0.717, 1.165) is 0 Å². The van der Waals surface area contributed by atoms with Gasteiger partial charge in [-0.05, 0) is 0 Å². The molecule has 0 spiro atoms. The molecule has 6 heteroatoms. The van der Waals surface area contributed by atoms with E-state index in [-0.39, 0.29) is 4.70 Å². The van der Waals surface area contributed by atoms with Crippen LogP contribution in [0.25, 0.3) is 0 Å². The second-order valence-electron chi connectivity index (χ2n) is 0.400. The Morgan fingerprint density at radius 1 is 1.50 bits per heavy atom. The van der Waals surface area contributed by atoms with Crippen LogP contribution in [0.3, 0.4) is 0 Å². The fraction of sp³-hybridized carbons (Fsp3) is 0. The van der Waals surface area contributed by atoms with Gasteiger partial charge in [0.25, 0.3) is 0 Å². The quantitative estimate of drug-likeness (QED) is 0.388. The van der Waals surface area contributed by atoms with E-state index < -0.39 is 8.54 Å². The first-order chi connectivity index (χ1) is 2.00. The van der Waals surface area contributed by atoms with Crippen LogP contribution in [0.15, 0.2) is 0 Å². The maximum Gasteiger partial charge on any atom is 0 e. The average Bonchev–Trinajstić information content (AvgIpc) is 0.722. The zero-order valence-corrected chi connectivity index (χ0v) is 4.32. The fourth-order valence-corrected chi connectivity index (χ4v) is 0. The van der Waals surface area contributed by atoms with Gasteiger partial charge in [-0.15, -0.1) is 0 Å². The molecular formula is HFFeO3S. The van der Waals surface area contributed by atoms with Crippen molar-refractivity contribution in [3.05, 3.63) is 0 Å². The summed E-state index contributed by atoms with van der Waals surface area (Å²) in [6.45, 7) is 0. The Morgan fingerprint density at radius 3 is 1.50 bits per heavy atom. The maximum atomic E-state index is 9.08. The fourth-order valence-electron chi connectivity index (χ4n) is 0. The van der Waals surface area contributed by atoms with E-state index in [0.29, 0.717) is 0 Å². The van der Waals surface area contributed by atoms with Crippen molar-refractivity contribution in [3.8, 4) is 0 Å². The zero-order valence-electron chi connectivity index (χ0n) is 2.40. The molecule has 0 rings (SSSR count). The maximum absolute atomic E-state index is 9.08. The molecule has 0 saturated carbocycles. The standard InChI is InChI=1S/F.Fe.HO3S/c;;1-4(2)3/h;;(H,1,2,3). The van der Waals surface area contributed by atoms with Crippen LogP contribution in [0.4, 0.5) is 4.70 Å². The topological polar surface area (TPSA) is 54.4 Å². The van der Waals surface area contributed by atoms with Gasteiger partial charge in [-0.2, -0.15) is 0 Å². The molecule has 40 valence electrons. The van der Waals surface area contributed by atoms with Crippen molar-refractivity contribution in [2.45, 2.75) is 0 Å². The van der Waals surface area contributed by atoms with Gasteiger partial charge in [0.2, 0.25) is 0 Å². The van der Waals surface area contributed by atoms with E-state index in [1.165, 1.54) is 0 Å². The molecule has 1 radical (unpaired) electrons. The summed E-state index contributed by atoms with van der Waals surface area (Å²) in [7, 11) is -3.92. The van der Waals surface area contributed by atoms with Gasteiger partial charge in [-0.25, -0.2) is 0 Å². The SMILES string of the molecule is O=[S](=O)(O)[Fe].[F]. The van der Waals surface area contributed by atoms with E-state index in [2.05, 4.69) is 14.9 Å². The third-order valence-corrected chi connectivity index (χ3v) is 0. The van der Waals surface area contributed by atoms with E-state index >= 15 is 0 Å². The summed E-state index contributed by atoms with van der Waals surface area (Å²) >= 11 is 2.30. The van der Waals surface area contributed by atoms with E-state index in [1.807, 2.05) is 0 Å². The Balaban J connectivity index is 0. The van der Waals surface area contributed by atoms with Crippen LogP contribution in [0.2, 0.25) is 0 Å². The molecule has 1 N–H and O–H groups in total. The average molecular weight is 156 g/mol. The van der Waals surface area contributed by atoms with Gasteiger partial charge < -0.3 is 0 Å². The molecule has 0 aliphatic rings. The van der Waals surface area contributed by atoms with Crippen molar-refractivity contribution >= 4 is 8.54 Å². The normalized spacial score (nSPS) is 9.67. The zero-order chi connectivity index (χ0) is 4.50. The summed E-state index contributed by atoms with van der Waals surface area (Å²) in [6, 6.07) is 0. The third kappa shape index (κ3) is 381. The molecule has 0 aliphatic carbocycles. The molecule has 0 heterocycles. The van der Waals surface area contributed by atoms with Gasteiger partial charge in [0.15, 0.2) is 0 Å². The smallest absolute Gasteiger partial charge is 0 e. The van der Waals surface area contributed by atoms with Crippen molar-refractivity contribution in [2.24, 2.45) is 0 Å². The molecule has 0 amide bonds. The summed E-state index contributed by atoms with van der Waals surface area (Å²) in [4.78, 5) is 0. The van der Waals surface area contributed by atoms with Crippen LogP contribution < -0.4 is 0 Å². The van der Waals surface area contributed by atoms with Crippen LogP contribution in [-0.4, -0.2) is 13.0 Å². The summed E-state index contributed by atoms with van der Waals surface area (Å²) in [5, 5.41) is 0. The summed E-state index contributed by atoms with van der Waals surface area (Å²) in [5.74, 6) is 0. The second kappa shape index (κ2) is 2.52. The number of hydrogen-bond donors (Lipinski definition) is 1. The minimum Gasteiger partial charge on any atom is 0 e. The van der Waals surface area contributed by atoms with Crippen LogP contribution in [0, 0.1) is 0 Å². The Hall–Kier alpha value is 0.359. The molecule has 0 aromatic carbocycles. The molecule has 0 aliphatic heterocycles. The minimum absolute atomic E-state index is 0. The minimum atomic E-state index is -3.92. The van der Waals surface area contributed by atoms with Gasteiger partial charge in [-0.1, -0.05) is 0 Å². The van der Waals surface area contributed by atoms with Gasteiger partial charge in [0.1, 0.15) is 0 Å². The van der Waals surface area contributed by atoms with Crippen molar-refractivity contribution in [3.63, 3.8) is 0 Å². The third-order valence-electron chi connectivity index (χ3n) is 0. The molecule has 0 aromatic rings. The second-order valence-corrected chi connectivity index (χ2v) is 2.91. The Labute approximate surface area is 41.7 Å². The van der Waals surface area contributed by atoms with E-state index in [1.54, 1.807) is 0 Å². The number of rotatable bonds is 0. The summed E-state index contributed by atoms with van der Waals surface area (Å²) in [6.07, 6.45) is 0. The molecule has 0 unspecified atom stereocenters. The van der Waals surface area contributed by atoms with Crippen molar-refractivity contribution in [1.29, 1.82) is 0 Å². The summed E-state index contributed by atoms with van der Waals surface area (Å²) in [5.41, 5.74) is 0. The first-order valence-corrected chi connectivity index (χ1v) is 3.33. The number of hydrogen-bond acceptors (Lipinski definition) is 2. The molecule has 0 aromatic heterocycles. The largest absolute Gasteiger partial charge is 0 e. The van der Waals surface area contributed by atoms with Gasteiger partial charge in [-0.3, -0.25) is 0 Å². The van der Waals surface area contributed by atoms with Crippen molar-refractivity contribution in [1.82, 2.24) is 0 Å². The van der Waals surface area contributed by atoms with E-state index in [9.17, 15) is 0 Å². The first-order valence-electron chi connectivity index (χ1n) is 0.660. The molecule has 0 saturated heterocycles. The van der Waals surface area contributed by atoms with Crippen molar-refractivity contribution in [2.75, 3.05) is 0 Å². The van der Waals surface area contributed by atoms with Crippen LogP contribution in [0.1, 0.15) is 0 Å². The molecule has 0 bridgehead atoms. The van der Waals surface area contributed by atoms with E-state index in [4.69, 9.17) is 13.0 Å². The first kappa shape index (κ1) is 9.61.